The van der Waals surface area contributed by atoms with Crippen LogP contribution in [0.4, 0.5) is 0 Å². The van der Waals surface area contributed by atoms with E-state index in [4.69, 9.17) is 16.3 Å². The maximum Gasteiger partial charge on any atom is 0.260 e. The summed E-state index contributed by atoms with van der Waals surface area (Å²) >= 11 is 6.03. The van der Waals surface area contributed by atoms with Crippen LogP contribution in [0, 0.1) is 0 Å². The summed E-state index contributed by atoms with van der Waals surface area (Å²) in [5.41, 5.74) is 0.521. The quantitative estimate of drug-likeness (QED) is 0.844. The molecule has 1 aliphatic carbocycles. The molecule has 1 aromatic carbocycles. The number of hydrogen-bond acceptors (Lipinski definition) is 3. The van der Waals surface area contributed by atoms with E-state index in [2.05, 4.69) is 5.32 Å². The van der Waals surface area contributed by atoms with Crippen LogP contribution in [-0.2, 0) is 4.79 Å². The van der Waals surface area contributed by atoms with Gasteiger partial charge in [-0.1, -0.05) is 11.6 Å². The Kier molecular flexibility index (Phi) is 4.10. The second-order valence-corrected chi connectivity index (χ2v) is 5.15. The molecule has 1 amide bonds. The van der Waals surface area contributed by atoms with E-state index in [9.17, 15) is 9.59 Å². The first-order valence-electron chi connectivity index (χ1n) is 6.25. The number of amides is 1. The van der Waals surface area contributed by atoms with Crippen molar-refractivity contribution in [2.75, 3.05) is 0 Å². The van der Waals surface area contributed by atoms with Gasteiger partial charge in [0.2, 0.25) is 0 Å². The number of carbonyl (C=O) groups is 2. The van der Waals surface area contributed by atoms with E-state index in [1.807, 2.05) is 0 Å². The minimum Gasteiger partial charge on any atom is -0.479 e. The number of rotatable bonds is 5. The first-order chi connectivity index (χ1) is 8.97. The first-order valence-corrected chi connectivity index (χ1v) is 6.62. The summed E-state index contributed by atoms with van der Waals surface area (Å²) in [5, 5.41) is 3.19. The Morgan fingerprint density at radius 2 is 2.11 bits per heavy atom. The number of Topliss-reactive ketones (excluding diaryl/α,β-unsaturated/α-hetero) is 1. The topological polar surface area (TPSA) is 55.4 Å². The molecule has 1 fully saturated rings. The highest BCUT2D eigenvalue weighted by Gasteiger charge is 2.26. The van der Waals surface area contributed by atoms with Gasteiger partial charge in [0.05, 0.1) is 5.02 Å². The molecule has 0 bridgehead atoms. The van der Waals surface area contributed by atoms with Crippen molar-refractivity contribution in [2.24, 2.45) is 0 Å². The Hall–Kier alpha value is -1.55. The standard InChI is InChI=1S/C14H16ClNO3/c1-8(17)10-3-6-13(12(15)7-10)19-9(2)14(18)16-11-4-5-11/h3,6-7,9,11H,4-5H2,1-2H3,(H,16,18). The lowest BCUT2D eigenvalue weighted by atomic mass is 10.1. The minimum absolute atomic E-state index is 0.0621. The lowest BCUT2D eigenvalue weighted by Crippen LogP contribution is -2.37. The third kappa shape index (κ3) is 3.70. The van der Waals surface area contributed by atoms with E-state index in [1.54, 1.807) is 25.1 Å². The van der Waals surface area contributed by atoms with Gasteiger partial charge in [-0.05, 0) is 44.9 Å². The fourth-order valence-corrected chi connectivity index (χ4v) is 1.83. The van der Waals surface area contributed by atoms with Crippen molar-refractivity contribution in [1.82, 2.24) is 5.32 Å². The molecule has 0 heterocycles. The number of halogens is 1. The van der Waals surface area contributed by atoms with Crippen LogP contribution in [0.25, 0.3) is 0 Å². The summed E-state index contributed by atoms with van der Waals surface area (Å²) in [5.74, 6) is 0.201. The van der Waals surface area contributed by atoms with Crippen molar-refractivity contribution >= 4 is 23.3 Å². The summed E-state index contributed by atoms with van der Waals surface area (Å²) in [7, 11) is 0. The predicted molar refractivity (Wildman–Crippen MR) is 72.7 cm³/mol. The van der Waals surface area contributed by atoms with Crippen molar-refractivity contribution in [3.8, 4) is 5.75 Å². The SMILES string of the molecule is CC(=O)c1ccc(OC(C)C(=O)NC2CC2)c(Cl)c1. The molecule has 0 aromatic heterocycles. The van der Waals surface area contributed by atoms with Crippen LogP contribution < -0.4 is 10.1 Å². The van der Waals surface area contributed by atoms with Crippen LogP contribution >= 0.6 is 11.6 Å². The molecule has 1 unspecified atom stereocenters. The lowest BCUT2D eigenvalue weighted by molar-refractivity contribution is -0.127. The Morgan fingerprint density at radius 1 is 1.42 bits per heavy atom. The predicted octanol–water partition coefficient (Wildman–Crippen LogP) is 2.59. The molecule has 4 nitrogen and oxygen atoms in total. The van der Waals surface area contributed by atoms with Crippen molar-refractivity contribution in [3.05, 3.63) is 28.8 Å². The second-order valence-electron chi connectivity index (χ2n) is 4.74. The number of benzene rings is 1. The fraction of sp³-hybridized carbons (Fsp3) is 0.429. The van der Waals surface area contributed by atoms with E-state index in [0.717, 1.165) is 12.8 Å². The summed E-state index contributed by atoms with van der Waals surface area (Å²) in [6.07, 6.45) is 1.46. The number of carbonyl (C=O) groups excluding carboxylic acids is 2. The van der Waals surface area contributed by atoms with Crippen molar-refractivity contribution in [2.45, 2.75) is 38.8 Å². The van der Waals surface area contributed by atoms with E-state index in [0.29, 0.717) is 22.4 Å². The van der Waals surface area contributed by atoms with Crippen molar-refractivity contribution < 1.29 is 14.3 Å². The Labute approximate surface area is 117 Å². The van der Waals surface area contributed by atoms with Crippen LogP contribution in [0.15, 0.2) is 18.2 Å². The average Bonchev–Trinajstić information content (AvgIpc) is 3.15. The molecular weight excluding hydrogens is 266 g/mol. The second kappa shape index (κ2) is 5.61. The number of ketones is 1. The molecule has 1 aliphatic rings. The van der Waals surface area contributed by atoms with Gasteiger partial charge in [-0.3, -0.25) is 9.59 Å². The normalized spacial score (nSPS) is 15.7. The van der Waals surface area contributed by atoms with Gasteiger partial charge in [-0.2, -0.15) is 0 Å². The van der Waals surface area contributed by atoms with E-state index < -0.39 is 6.10 Å². The van der Waals surface area contributed by atoms with Gasteiger partial charge < -0.3 is 10.1 Å². The molecule has 19 heavy (non-hydrogen) atoms. The third-order valence-electron chi connectivity index (χ3n) is 2.94. The summed E-state index contributed by atoms with van der Waals surface area (Å²) in [6, 6.07) is 5.09. The van der Waals surface area contributed by atoms with Crippen LogP contribution in [0.1, 0.15) is 37.0 Å². The minimum atomic E-state index is -0.610. The molecule has 0 radical (unpaired) electrons. The first kappa shape index (κ1) is 13.9. The lowest BCUT2D eigenvalue weighted by Gasteiger charge is -2.15. The molecule has 1 aromatic rings. The molecule has 1 N–H and O–H groups in total. The average molecular weight is 282 g/mol. The Bertz CT molecular complexity index is 511. The van der Waals surface area contributed by atoms with E-state index >= 15 is 0 Å². The van der Waals surface area contributed by atoms with Crippen molar-refractivity contribution in [1.29, 1.82) is 0 Å². The van der Waals surface area contributed by atoms with Gasteiger partial charge in [-0.25, -0.2) is 0 Å². The molecule has 0 spiro atoms. The van der Waals surface area contributed by atoms with Crippen molar-refractivity contribution in [3.63, 3.8) is 0 Å². The molecule has 1 atom stereocenters. The fourth-order valence-electron chi connectivity index (χ4n) is 1.61. The maximum atomic E-state index is 11.8. The highest BCUT2D eigenvalue weighted by atomic mass is 35.5. The number of nitrogens with one attached hydrogen (secondary N) is 1. The van der Waals surface area contributed by atoms with Gasteiger partial charge in [0.15, 0.2) is 11.9 Å². The highest BCUT2D eigenvalue weighted by Crippen LogP contribution is 2.27. The zero-order valence-electron chi connectivity index (χ0n) is 10.9. The summed E-state index contributed by atoms with van der Waals surface area (Å²) in [6.45, 7) is 3.14. The molecule has 1 saturated carbocycles. The third-order valence-corrected chi connectivity index (χ3v) is 3.23. The van der Waals surface area contributed by atoms with E-state index in [1.165, 1.54) is 6.92 Å². The summed E-state index contributed by atoms with van der Waals surface area (Å²) in [4.78, 5) is 23.0. The largest absolute Gasteiger partial charge is 0.479 e. The molecule has 2 rings (SSSR count). The van der Waals surface area contributed by atoms with Crippen LogP contribution in [0.2, 0.25) is 5.02 Å². The van der Waals surface area contributed by atoms with Crippen LogP contribution in [0.5, 0.6) is 5.75 Å². The van der Waals surface area contributed by atoms with Crippen LogP contribution in [0.3, 0.4) is 0 Å². The zero-order valence-corrected chi connectivity index (χ0v) is 11.7. The Morgan fingerprint density at radius 3 is 2.63 bits per heavy atom. The zero-order chi connectivity index (χ0) is 14.0. The molecule has 5 heteroatoms. The Balaban J connectivity index is 2.01. The summed E-state index contributed by atoms with van der Waals surface area (Å²) < 4.78 is 5.52. The number of hydrogen-bond donors (Lipinski definition) is 1. The molecule has 102 valence electrons. The number of ether oxygens (including phenoxy) is 1. The van der Waals surface area contributed by atoms with Gasteiger partial charge in [-0.15, -0.1) is 0 Å². The molecule has 0 saturated heterocycles. The van der Waals surface area contributed by atoms with Gasteiger partial charge in [0.1, 0.15) is 5.75 Å². The smallest absolute Gasteiger partial charge is 0.260 e. The maximum absolute atomic E-state index is 11.8. The highest BCUT2D eigenvalue weighted by molar-refractivity contribution is 6.32. The van der Waals surface area contributed by atoms with Gasteiger partial charge in [0.25, 0.3) is 5.91 Å². The van der Waals surface area contributed by atoms with E-state index in [-0.39, 0.29) is 11.7 Å². The molecular formula is C14H16ClNO3. The molecule has 0 aliphatic heterocycles. The van der Waals surface area contributed by atoms with Gasteiger partial charge in [0, 0.05) is 11.6 Å². The van der Waals surface area contributed by atoms with Gasteiger partial charge >= 0.3 is 0 Å². The monoisotopic (exact) mass is 281 g/mol. The van der Waals surface area contributed by atoms with Crippen LogP contribution in [-0.4, -0.2) is 23.8 Å².